The van der Waals surface area contributed by atoms with E-state index in [0.717, 1.165) is 11.8 Å². The van der Waals surface area contributed by atoms with Gasteiger partial charge in [0.05, 0.1) is 19.9 Å². The second kappa shape index (κ2) is 9.55. The number of carbonyl (C=O) groups is 2. The molecule has 0 aromatic carbocycles. The normalized spacial score (nSPS) is 28.1. The van der Waals surface area contributed by atoms with Crippen molar-refractivity contribution < 1.29 is 19.1 Å². The Labute approximate surface area is 197 Å². The number of methoxy groups -OCH3 is 1. The summed E-state index contributed by atoms with van der Waals surface area (Å²) in [5.41, 5.74) is 0.0140. The number of hydrogen-bond donors (Lipinski definition) is 2. The minimum Gasteiger partial charge on any atom is -0.477 e. The highest BCUT2D eigenvalue weighted by Gasteiger charge is 2.48. The Balaban J connectivity index is 1.46. The molecule has 8 nitrogen and oxygen atoms in total. The van der Waals surface area contributed by atoms with Crippen molar-refractivity contribution in [1.29, 1.82) is 0 Å². The van der Waals surface area contributed by atoms with Gasteiger partial charge in [0.15, 0.2) is 0 Å². The van der Waals surface area contributed by atoms with E-state index < -0.39 is 11.6 Å². The summed E-state index contributed by atoms with van der Waals surface area (Å²) in [4.78, 5) is 25.0. The summed E-state index contributed by atoms with van der Waals surface area (Å²) in [6.45, 7) is 9.05. The van der Waals surface area contributed by atoms with Crippen LogP contribution in [0.1, 0.15) is 76.6 Å². The lowest BCUT2D eigenvalue weighted by atomic mass is 9.54. The second-order valence-electron chi connectivity index (χ2n) is 11.5. The first-order valence-corrected chi connectivity index (χ1v) is 12.5. The van der Waals surface area contributed by atoms with Gasteiger partial charge in [0.1, 0.15) is 5.56 Å². The lowest BCUT2D eigenvalue weighted by molar-refractivity contribution is -0.0120. The molecule has 1 aromatic heterocycles. The standard InChI is InChI=1S/C25H40N4O4/c1-15(2)14-33-23-20(13-26-29(23)7-6-25(3,4)28-24(31)32-5)22(30)27-21-18-9-16-8-17(11-18)12-19(21)10-16/h13,15-19,21H,6-12,14H2,1-5H3,(H,27,30)(H,28,31). The highest BCUT2D eigenvalue weighted by atomic mass is 16.5. The van der Waals surface area contributed by atoms with Gasteiger partial charge in [-0.2, -0.15) is 5.10 Å². The van der Waals surface area contributed by atoms with Crippen molar-refractivity contribution in [2.24, 2.45) is 29.6 Å². The van der Waals surface area contributed by atoms with Crippen molar-refractivity contribution >= 4 is 12.0 Å². The summed E-state index contributed by atoms with van der Waals surface area (Å²) >= 11 is 0. The number of aryl methyl sites for hydroxylation is 1. The molecule has 0 atom stereocenters. The van der Waals surface area contributed by atoms with E-state index in [4.69, 9.17) is 9.47 Å². The summed E-state index contributed by atoms with van der Waals surface area (Å²) in [5.74, 6) is 3.73. The predicted molar refractivity (Wildman–Crippen MR) is 125 cm³/mol. The van der Waals surface area contributed by atoms with Gasteiger partial charge in [-0.3, -0.25) is 4.79 Å². The molecular formula is C25H40N4O4. The third kappa shape index (κ3) is 5.46. The molecule has 4 fully saturated rings. The first-order chi connectivity index (χ1) is 15.6. The number of aromatic nitrogens is 2. The fourth-order valence-electron chi connectivity index (χ4n) is 6.25. The SMILES string of the molecule is COC(=O)NC(C)(C)CCn1ncc(C(=O)NC2C3CC4CC(C3)CC2C4)c1OCC(C)C. The number of nitrogens with zero attached hydrogens (tertiary/aromatic N) is 2. The molecule has 0 spiro atoms. The average Bonchev–Trinajstić information content (AvgIpc) is 3.15. The molecule has 0 saturated heterocycles. The van der Waals surface area contributed by atoms with Crippen LogP contribution in [0.5, 0.6) is 5.88 Å². The summed E-state index contributed by atoms with van der Waals surface area (Å²) in [6.07, 6.45) is 8.21. The molecule has 0 radical (unpaired) electrons. The molecule has 4 aliphatic rings. The van der Waals surface area contributed by atoms with Crippen LogP contribution in [0, 0.1) is 29.6 Å². The molecule has 1 heterocycles. The van der Waals surface area contributed by atoms with Crippen LogP contribution in [0.4, 0.5) is 4.79 Å². The van der Waals surface area contributed by atoms with Gasteiger partial charge in [-0.15, -0.1) is 0 Å². The Morgan fingerprint density at radius 3 is 2.36 bits per heavy atom. The van der Waals surface area contributed by atoms with Crippen LogP contribution in [0.25, 0.3) is 0 Å². The van der Waals surface area contributed by atoms with Gasteiger partial charge in [0.2, 0.25) is 5.88 Å². The molecule has 33 heavy (non-hydrogen) atoms. The molecule has 2 N–H and O–H groups in total. The maximum atomic E-state index is 13.4. The number of alkyl carbamates (subject to hydrolysis) is 1. The zero-order valence-electron chi connectivity index (χ0n) is 20.7. The van der Waals surface area contributed by atoms with Crippen LogP contribution >= 0.6 is 0 Å². The molecule has 0 aliphatic heterocycles. The van der Waals surface area contributed by atoms with Crippen molar-refractivity contribution in [2.75, 3.05) is 13.7 Å². The van der Waals surface area contributed by atoms with Crippen LogP contribution in [0.2, 0.25) is 0 Å². The van der Waals surface area contributed by atoms with E-state index in [0.29, 0.717) is 48.8 Å². The Bertz CT molecular complexity index is 835. The highest BCUT2D eigenvalue weighted by Crippen LogP contribution is 2.53. The topological polar surface area (TPSA) is 94.5 Å². The Morgan fingerprint density at radius 1 is 1.15 bits per heavy atom. The molecule has 0 unspecified atom stereocenters. The number of nitrogens with one attached hydrogen (secondary N) is 2. The van der Waals surface area contributed by atoms with Crippen LogP contribution < -0.4 is 15.4 Å². The van der Waals surface area contributed by atoms with Gasteiger partial charge in [-0.05, 0) is 82.0 Å². The van der Waals surface area contributed by atoms with E-state index >= 15 is 0 Å². The maximum absolute atomic E-state index is 13.4. The van der Waals surface area contributed by atoms with Gasteiger partial charge >= 0.3 is 6.09 Å². The number of rotatable bonds is 9. The minimum absolute atomic E-state index is 0.0792. The van der Waals surface area contributed by atoms with Crippen molar-refractivity contribution in [3.8, 4) is 5.88 Å². The van der Waals surface area contributed by atoms with Gasteiger partial charge in [-0.25, -0.2) is 9.48 Å². The van der Waals surface area contributed by atoms with Crippen LogP contribution in [-0.2, 0) is 11.3 Å². The fourth-order valence-corrected chi connectivity index (χ4v) is 6.25. The smallest absolute Gasteiger partial charge is 0.407 e. The van der Waals surface area contributed by atoms with Crippen molar-refractivity contribution in [1.82, 2.24) is 20.4 Å². The maximum Gasteiger partial charge on any atom is 0.407 e. The van der Waals surface area contributed by atoms with E-state index in [-0.39, 0.29) is 11.9 Å². The van der Waals surface area contributed by atoms with Gasteiger partial charge < -0.3 is 20.1 Å². The highest BCUT2D eigenvalue weighted by molar-refractivity contribution is 5.96. The molecule has 2 amide bonds. The summed E-state index contributed by atoms with van der Waals surface area (Å²) < 4.78 is 12.6. The van der Waals surface area contributed by atoms with E-state index in [1.807, 2.05) is 13.8 Å². The van der Waals surface area contributed by atoms with Crippen LogP contribution in [-0.4, -0.2) is 47.1 Å². The zero-order valence-corrected chi connectivity index (χ0v) is 20.7. The Kier molecular flexibility index (Phi) is 6.91. The van der Waals surface area contributed by atoms with Gasteiger partial charge in [0, 0.05) is 18.1 Å². The number of hydrogen-bond acceptors (Lipinski definition) is 5. The zero-order chi connectivity index (χ0) is 23.8. The average molecular weight is 461 g/mol. The van der Waals surface area contributed by atoms with Crippen molar-refractivity contribution in [2.45, 2.75) is 84.3 Å². The molecule has 4 saturated carbocycles. The van der Waals surface area contributed by atoms with Crippen molar-refractivity contribution in [3.05, 3.63) is 11.8 Å². The molecule has 1 aromatic rings. The molecule has 184 valence electrons. The number of ether oxygens (including phenoxy) is 2. The Morgan fingerprint density at radius 2 is 1.79 bits per heavy atom. The number of carbonyl (C=O) groups excluding carboxylic acids is 2. The van der Waals surface area contributed by atoms with Gasteiger partial charge in [0.25, 0.3) is 5.91 Å². The van der Waals surface area contributed by atoms with E-state index in [1.165, 1.54) is 39.2 Å². The fraction of sp³-hybridized carbons (Fsp3) is 0.800. The van der Waals surface area contributed by atoms with Gasteiger partial charge in [-0.1, -0.05) is 13.8 Å². The monoisotopic (exact) mass is 460 g/mol. The number of amides is 2. The first kappa shape index (κ1) is 23.9. The summed E-state index contributed by atoms with van der Waals surface area (Å²) in [5, 5.41) is 10.7. The van der Waals surface area contributed by atoms with E-state index in [9.17, 15) is 9.59 Å². The van der Waals surface area contributed by atoms with Crippen LogP contribution in [0.3, 0.4) is 0 Å². The summed E-state index contributed by atoms with van der Waals surface area (Å²) in [7, 11) is 1.35. The van der Waals surface area contributed by atoms with E-state index in [1.54, 1.807) is 10.9 Å². The third-order valence-corrected chi connectivity index (χ3v) is 7.69. The molecule has 8 heteroatoms. The summed E-state index contributed by atoms with van der Waals surface area (Å²) in [6, 6.07) is 0.273. The second-order valence-corrected chi connectivity index (χ2v) is 11.5. The Hall–Kier alpha value is -2.25. The first-order valence-electron chi connectivity index (χ1n) is 12.5. The molecule has 5 rings (SSSR count). The quantitative estimate of drug-likeness (QED) is 0.581. The molecular weight excluding hydrogens is 420 g/mol. The minimum atomic E-state index is -0.489. The molecule has 4 aliphatic carbocycles. The molecule has 4 bridgehead atoms. The largest absolute Gasteiger partial charge is 0.477 e. The lowest BCUT2D eigenvalue weighted by Gasteiger charge is -2.54. The van der Waals surface area contributed by atoms with E-state index in [2.05, 4.69) is 29.6 Å². The lowest BCUT2D eigenvalue weighted by Crippen LogP contribution is -2.55. The van der Waals surface area contributed by atoms with Crippen molar-refractivity contribution in [3.63, 3.8) is 0 Å². The third-order valence-electron chi connectivity index (χ3n) is 7.69. The predicted octanol–water partition coefficient (Wildman–Crippen LogP) is 4.00. The van der Waals surface area contributed by atoms with Crippen LogP contribution in [0.15, 0.2) is 6.20 Å².